The Labute approximate surface area is 129 Å². The molecule has 21 heavy (non-hydrogen) atoms. The van der Waals surface area contributed by atoms with Crippen LogP contribution in [0.5, 0.6) is 0 Å². The summed E-state index contributed by atoms with van der Waals surface area (Å²) in [5, 5.41) is 6.34. The maximum Gasteiger partial charge on any atom is 0.0424 e. The van der Waals surface area contributed by atoms with Gasteiger partial charge in [-0.05, 0) is 49.6 Å². The molecular weight excluding hydrogens is 254 g/mol. The van der Waals surface area contributed by atoms with Crippen molar-refractivity contribution in [2.24, 2.45) is 0 Å². The van der Waals surface area contributed by atoms with Crippen molar-refractivity contribution in [1.82, 2.24) is 0 Å². The summed E-state index contributed by atoms with van der Waals surface area (Å²) in [6.07, 6.45) is 2.42. The van der Waals surface area contributed by atoms with E-state index in [9.17, 15) is 0 Å². The molecule has 0 saturated carbocycles. The lowest BCUT2D eigenvalue weighted by Crippen LogP contribution is -2.26. The summed E-state index contributed by atoms with van der Waals surface area (Å²) in [4.78, 5) is 0. The molecule has 0 aliphatic heterocycles. The van der Waals surface area contributed by atoms with Crippen molar-refractivity contribution in [3.63, 3.8) is 0 Å². The normalized spacial score (nSPS) is 12.7. The van der Waals surface area contributed by atoms with Crippen LogP contribution in [0.4, 0.5) is 5.69 Å². The van der Waals surface area contributed by atoms with Gasteiger partial charge in [-0.1, -0.05) is 57.5 Å². The van der Waals surface area contributed by atoms with Gasteiger partial charge in [-0.25, -0.2) is 0 Å². The maximum absolute atomic E-state index is 3.63. The highest BCUT2D eigenvalue weighted by Gasteiger charge is 2.23. The number of hydrogen-bond donors (Lipinski definition) is 1. The first-order valence-corrected chi connectivity index (χ1v) is 8.05. The summed E-state index contributed by atoms with van der Waals surface area (Å²) in [6, 6.07) is 13.3. The van der Waals surface area contributed by atoms with Gasteiger partial charge in [0.15, 0.2) is 0 Å². The molecular formula is C20H29N. The lowest BCUT2D eigenvalue weighted by atomic mass is 9.78. The molecule has 0 saturated heterocycles. The van der Waals surface area contributed by atoms with E-state index in [1.54, 1.807) is 0 Å². The summed E-state index contributed by atoms with van der Waals surface area (Å²) in [7, 11) is 0. The van der Waals surface area contributed by atoms with Crippen LogP contribution in [-0.4, -0.2) is 5.54 Å². The van der Waals surface area contributed by atoms with Gasteiger partial charge in [-0.3, -0.25) is 0 Å². The molecule has 2 rings (SSSR count). The molecule has 0 fully saturated rings. The molecule has 2 aromatic rings. The molecule has 1 heteroatoms. The van der Waals surface area contributed by atoms with E-state index in [0.29, 0.717) is 0 Å². The highest BCUT2D eigenvalue weighted by molar-refractivity contribution is 5.96. The third kappa shape index (κ3) is 3.58. The van der Waals surface area contributed by atoms with E-state index in [-0.39, 0.29) is 11.0 Å². The van der Waals surface area contributed by atoms with Gasteiger partial charge >= 0.3 is 0 Å². The molecule has 0 aliphatic rings. The summed E-state index contributed by atoms with van der Waals surface area (Å²) in [6.45, 7) is 13.6. The minimum atomic E-state index is 0.0726. The maximum atomic E-state index is 3.63. The van der Waals surface area contributed by atoms with E-state index in [0.717, 1.165) is 0 Å². The van der Waals surface area contributed by atoms with Crippen LogP contribution in [0.3, 0.4) is 0 Å². The van der Waals surface area contributed by atoms with Crippen molar-refractivity contribution in [1.29, 1.82) is 0 Å². The van der Waals surface area contributed by atoms with Crippen molar-refractivity contribution < 1.29 is 0 Å². The van der Waals surface area contributed by atoms with E-state index in [1.165, 1.54) is 34.9 Å². The summed E-state index contributed by atoms with van der Waals surface area (Å²) < 4.78 is 0. The Balaban J connectivity index is 2.60. The number of fused-ring (bicyclic) bond motifs is 1. The molecule has 0 spiro atoms. The van der Waals surface area contributed by atoms with Crippen molar-refractivity contribution in [3.05, 3.63) is 42.0 Å². The Kier molecular flexibility index (Phi) is 4.32. The van der Waals surface area contributed by atoms with Crippen LogP contribution < -0.4 is 5.32 Å². The minimum absolute atomic E-state index is 0.0726. The van der Waals surface area contributed by atoms with Crippen LogP contribution >= 0.6 is 0 Å². The third-order valence-corrected chi connectivity index (χ3v) is 4.04. The predicted octanol–water partition coefficient (Wildman–Crippen LogP) is 6.13. The summed E-state index contributed by atoms with van der Waals surface area (Å²) >= 11 is 0. The molecule has 0 aromatic heterocycles. The Morgan fingerprint density at radius 2 is 1.48 bits per heavy atom. The van der Waals surface area contributed by atoms with Gasteiger partial charge in [0.05, 0.1) is 0 Å². The van der Waals surface area contributed by atoms with E-state index in [4.69, 9.17) is 0 Å². The Morgan fingerprint density at radius 1 is 0.857 bits per heavy atom. The zero-order valence-electron chi connectivity index (χ0n) is 14.4. The second-order valence-corrected chi connectivity index (χ2v) is 7.72. The Hall–Kier alpha value is -1.50. The van der Waals surface area contributed by atoms with Crippen LogP contribution in [0.25, 0.3) is 10.8 Å². The fourth-order valence-corrected chi connectivity index (χ4v) is 3.16. The second kappa shape index (κ2) is 5.71. The van der Waals surface area contributed by atoms with Crippen LogP contribution in [0.1, 0.15) is 59.9 Å². The van der Waals surface area contributed by atoms with Crippen molar-refractivity contribution in [3.8, 4) is 0 Å². The number of nitrogens with one attached hydrogen (secondary N) is 1. The van der Waals surface area contributed by atoms with Crippen LogP contribution in [0, 0.1) is 0 Å². The lowest BCUT2D eigenvalue weighted by Gasteiger charge is -2.29. The number of rotatable bonds is 4. The molecule has 0 amide bonds. The molecule has 1 nitrogen and oxygen atoms in total. The fraction of sp³-hybridized carbons (Fsp3) is 0.500. The fourth-order valence-electron chi connectivity index (χ4n) is 3.16. The average molecular weight is 283 g/mol. The van der Waals surface area contributed by atoms with E-state index >= 15 is 0 Å². The highest BCUT2D eigenvalue weighted by atomic mass is 14.9. The number of benzene rings is 2. The molecule has 0 aliphatic carbocycles. The first-order valence-electron chi connectivity index (χ1n) is 8.05. The van der Waals surface area contributed by atoms with Crippen molar-refractivity contribution in [2.75, 3.05) is 5.32 Å². The van der Waals surface area contributed by atoms with E-state index in [1.807, 2.05) is 0 Å². The molecule has 0 radical (unpaired) electrons. The topological polar surface area (TPSA) is 12.0 Å². The van der Waals surface area contributed by atoms with Crippen molar-refractivity contribution in [2.45, 2.75) is 65.3 Å². The van der Waals surface area contributed by atoms with Crippen molar-refractivity contribution >= 4 is 16.5 Å². The quantitative estimate of drug-likeness (QED) is 0.712. The molecule has 1 N–H and O–H groups in total. The number of hydrogen-bond acceptors (Lipinski definition) is 1. The molecule has 2 aromatic carbocycles. The first-order chi connectivity index (χ1) is 9.74. The van der Waals surface area contributed by atoms with Gasteiger partial charge in [-0.15, -0.1) is 0 Å². The van der Waals surface area contributed by atoms with E-state index in [2.05, 4.69) is 83.3 Å². The zero-order valence-corrected chi connectivity index (χ0v) is 14.4. The number of anilines is 1. The Bertz CT molecular complexity index is 617. The average Bonchev–Trinajstić information content (AvgIpc) is 2.37. The van der Waals surface area contributed by atoms with Crippen LogP contribution in [0.2, 0.25) is 0 Å². The standard InChI is InChI=1S/C20H29N/c1-7-14-20(5,6)17-12-13-18(21-19(2,3)4)16-11-9-8-10-15(16)17/h8-13,21H,7,14H2,1-6H3. The van der Waals surface area contributed by atoms with Gasteiger partial charge in [-0.2, -0.15) is 0 Å². The minimum Gasteiger partial charge on any atom is -0.380 e. The van der Waals surface area contributed by atoms with Crippen LogP contribution in [0.15, 0.2) is 36.4 Å². The summed E-state index contributed by atoms with van der Waals surface area (Å²) in [5.74, 6) is 0. The first kappa shape index (κ1) is 15.9. The smallest absolute Gasteiger partial charge is 0.0424 e. The molecule has 114 valence electrons. The molecule has 0 unspecified atom stereocenters. The third-order valence-electron chi connectivity index (χ3n) is 4.04. The van der Waals surface area contributed by atoms with Gasteiger partial charge < -0.3 is 5.32 Å². The SMILES string of the molecule is CCCC(C)(C)c1ccc(NC(C)(C)C)c2ccccc12. The van der Waals surface area contributed by atoms with Gasteiger partial charge in [0.1, 0.15) is 0 Å². The molecule has 0 atom stereocenters. The lowest BCUT2D eigenvalue weighted by molar-refractivity contribution is 0.477. The van der Waals surface area contributed by atoms with E-state index < -0.39 is 0 Å². The van der Waals surface area contributed by atoms with Gasteiger partial charge in [0.25, 0.3) is 0 Å². The van der Waals surface area contributed by atoms with Gasteiger partial charge in [0.2, 0.25) is 0 Å². The Morgan fingerprint density at radius 3 is 2.05 bits per heavy atom. The molecule has 0 heterocycles. The van der Waals surface area contributed by atoms with Crippen LogP contribution in [-0.2, 0) is 5.41 Å². The molecule has 0 bridgehead atoms. The largest absolute Gasteiger partial charge is 0.380 e. The van der Waals surface area contributed by atoms with Gasteiger partial charge in [0, 0.05) is 16.6 Å². The zero-order chi connectivity index (χ0) is 15.7. The predicted molar refractivity (Wildman–Crippen MR) is 95.3 cm³/mol. The second-order valence-electron chi connectivity index (χ2n) is 7.72. The summed E-state index contributed by atoms with van der Waals surface area (Å²) in [5.41, 5.74) is 2.98. The highest BCUT2D eigenvalue weighted by Crippen LogP contribution is 2.37. The monoisotopic (exact) mass is 283 g/mol.